The summed E-state index contributed by atoms with van der Waals surface area (Å²) in [5.74, 6) is -0.107. The summed E-state index contributed by atoms with van der Waals surface area (Å²) in [6.07, 6.45) is 1.97. The molecule has 1 unspecified atom stereocenters. The third-order valence-electron chi connectivity index (χ3n) is 5.01. The molecule has 8 nitrogen and oxygen atoms in total. The van der Waals surface area contributed by atoms with Gasteiger partial charge in [-0.2, -0.15) is 0 Å². The van der Waals surface area contributed by atoms with Crippen LogP contribution in [0.15, 0.2) is 60.0 Å². The van der Waals surface area contributed by atoms with Gasteiger partial charge in [0.1, 0.15) is 12.3 Å². The van der Waals surface area contributed by atoms with Gasteiger partial charge in [0.15, 0.2) is 0 Å². The molecule has 2 aromatic rings. The highest BCUT2D eigenvalue weighted by Gasteiger charge is 2.35. The van der Waals surface area contributed by atoms with Crippen LogP contribution < -0.4 is 20.4 Å². The lowest BCUT2D eigenvalue weighted by Gasteiger charge is -2.33. The average Bonchev–Trinajstić information content (AvgIpc) is 2.81. The molecule has 0 aromatic heterocycles. The van der Waals surface area contributed by atoms with Gasteiger partial charge in [-0.15, -0.1) is 18.3 Å². The van der Waals surface area contributed by atoms with Gasteiger partial charge in [0.2, 0.25) is 5.91 Å². The number of anilines is 1. The van der Waals surface area contributed by atoms with E-state index in [4.69, 9.17) is 9.57 Å². The molecule has 0 aliphatic carbocycles. The lowest BCUT2D eigenvalue weighted by molar-refractivity contribution is -0.132. The van der Waals surface area contributed by atoms with Crippen molar-refractivity contribution in [2.75, 3.05) is 25.2 Å². The van der Waals surface area contributed by atoms with Gasteiger partial charge in [-0.1, -0.05) is 18.2 Å². The predicted molar refractivity (Wildman–Crippen MR) is 132 cm³/mol. The average molecular weight is 484 g/mol. The topological polar surface area (TPSA) is 97.0 Å². The highest BCUT2D eigenvalue weighted by Crippen LogP contribution is 2.41. The molecule has 2 N–H and O–H groups in total. The first-order valence-corrected chi connectivity index (χ1v) is 11.8. The van der Waals surface area contributed by atoms with Gasteiger partial charge < -0.3 is 15.0 Å². The zero-order chi connectivity index (χ0) is 24.7. The molecule has 0 saturated heterocycles. The molecule has 0 saturated carbocycles. The molecule has 0 bridgehead atoms. The van der Waals surface area contributed by atoms with E-state index < -0.39 is 11.2 Å². The zero-order valence-electron chi connectivity index (χ0n) is 19.5. The number of hydrogen-bond acceptors (Lipinski definition) is 6. The first-order valence-electron chi connectivity index (χ1n) is 10.9. The number of methoxy groups -OCH3 is 1. The standard InChI is InChI=1S/C25H29N3O5S/c1-5-12-33-27-23(29)15-28-20-11-8-18(24(30)26-16(2)3)14-21(20)34-22(25(28)31)13-17-6-9-19(32-4)10-7-17/h5-11,14,16,22H,1,12-13,15H2,2-4H3,(H,26,30)(H,27,29). The van der Waals surface area contributed by atoms with Crippen molar-refractivity contribution in [1.29, 1.82) is 0 Å². The van der Waals surface area contributed by atoms with Crippen molar-refractivity contribution < 1.29 is 24.0 Å². The Bertz CT molecular complexity index is 1060. The summed E-state index contributed by atoms with van der Waals surface area (Å²) in [7, 11) is 1.60. The van der Waals surface area contributed by atoms with Crippen molar-refractivity contribution in [3.8, 4) is 5.75 Å². The largest absolute Gasteiger partial charge is 0.497 e. The Hall–Kier alpha value is -3.30. The second-order valence-electron chi connectivity index (χ2n) is 8.02. The lowest BCUT2D eigenvalue weighted by atomic mass is 10.1. The van der Waals surface area contributed by atoms with E-state index in [0.717, 1.165) is 16.2 Å². The summed E-state index contributed by atoms with van der Waals surface area (Å²) in [5.41, 5.74) is 4.36. The number of rotatable bonds is 10. The van der Waals surface area contributed by atoms with Gasteiger partial charge in [0, 0.05) is 16.5 Å². The van der Waals surface area contributed by atoms with Crippen LogP contribution in [0, 0.1) is 0 Å². The minimum Gasteiger partial charge on any atom is -0.497 e. The summed E-state index contributed by atoms with van der Waals surface area (Å²) in [4.78, 5) is 45.6. The summed E-state index contributed by atoms with van der Waals surface area (Å²) in [6.45, 7) is 7.26. The summed E-state index contributed by atoms with van der Waals surface area (Å²) in [5, 5.41) is 2.41. The maximum Gasteiger partial charge on any atom is 0.263 e. The second kappa shape index (κ2) is 11.7. The van der Waals surface area contributed by atoms with Crippen LogP contribution in [0.2, 0.25) is 0 Å². The van der Waals surface area contributed by atoms with Crippen molar-refractivity contribution in [2.45, 2.75) is 36.5 Å². The van der Waals surface area contributed by atoms with Crippen molar-refractivity contribution >= 4 is 35.2 Å². The molecule has 1 atom stereocenters. The van der Waals surface area contributed by atoms with E-state index in [1.54, 1.807) is 25.3 Å². The predicted octanol–water partition coefficient (Wildman–Crippen LogP) is 3.12. The molecule has 2 aromatic carbocycles. The molecule has 180 valence electrons. The SMILES string of the molecule is C=CCONC(=O)CN1C(=O)C(Cc2ccc(OC)cc2)Sc2cc(C(=O)NC(C)C)ccc21. The van der Waals surface area contributed by atoms with E-state index in [1.165, 1.54) is 22.7 Å². The van der Waals surface area contributed by atoms with E-state index in [9.17, 15) is 14.4 Å². The maximum atomic E-state index is 13.4. The second-order valence-corrected chi connectivity index (χ2v) is 9.26. The Morgan fingerprint density at radius 2 is 1.94 bits per heavy atom. The lowest BCUT2D eigenvalue weighted by Crippen LogP contribution is -2.47. The summed E-state index contributed by atoms with van der Waals surface area (Å²) in [6, 6.07) is 12.6. The monoisotopic (exact) mass is 483 g/mol. The number of nitrogens with one attached hydrogen (secondary N) is 2. The van der Waals surface area contributed by atoms with Crippen molar-refractivity contribution in [3.63, 3.8) is 0 Å². The summed E-state index contributed by atoms with van der Waals surface area (Å²) >= 11 is 1.39. The maximum absolute atomic E-state index is 13.4. The normalized spacial score (nSPS) is 15.0. The van der Waals surface area contributed by atoms with Gasteiger partial charge in [-0.3, -0.25) is 19.2 Å². The van der Waals surface area contributed by atoms with E-state index in [1.807, 2.05) is 38.1 Å². The van der Waals surface area contributed by atoms with Gasteiger partial charge in [-0.05, 0) is 56.2 Å². The molecule has 1 aliphatic heterocycles. The zero-order valence-corrected chi connectivity index (χ0v) is 20.3. The molecule has 1 aliphatic rings. The van der Waals surface area contributed by atoms with Crippen LogP contribution in [-0.4, -0.2) is 49.3 Å². The van der Waals surface area contributed by atoms with Crippen LogP contribution in [0.3, 0.4) is 0 Å². The smallest absolute Gasteiger partial charge is 0.263 e. The molecule has 0 fully saturated rings. The number of thioether (sulfide) groups is 1. The van der Waals surface area contributed by atoms with Crippen LogP contribution >= 0.6 is 11.8 Å². The minimum absolute atomic E-state index is 0.00339. The fourth-order valence-electron chi connectivity index (χ4n) is 3.44. The quantitative estimate of drug-likeness (QED) is 0.306. The van der Waals surface area contributed by atoms with E-state index in [2.05, 4.69) is 17.4 Å². The van der Waals surface area contributed by atoms with Crippen LogP contribution in [0.4, 0.5) is 5.69 Å². The highest BCUT2D eigenvalue weighted by atomic mass is 32.2. The number of fused-ring (bicyclic) bond motifs is 1. The number of amides is 3. The number of hydroxylamine groups is 1. The van der Waals surface area contributed by atoms with Crippen molar-refractivity contribution in [1.82, 2.24) is 10.8 Å². The number of benzene rings is 2. The molecule has 0 spiro atoms. The Labute approximate surface area is 203 Å². The molecule has 3 amide bonds. The highest BCUT2D eigenvalue weighted by molar-refractivity contribution is 8.01. The number of ether oxygens (including phenoxy) is 1. The molecule has 3 rings (SSSR count). The van der Waals surface area contributed by atoms with E-state index in [-0.39, 0.29) is 31.0 Å². The minimum atomic E-state index is -0.466. The van der Waals surface area contributed by atoms with Crippen molar-refractivity contribution in [3.05, 3.63) is 66.2 Å². The molecule has 1 heterocycles. The first kappa shape index (κ1) is 25.3. The Morgan fingerprint density at radius 1 is 1.21 bits per heavy atom. The Balaban J connectivity index is 1.88. The fourth-order valence-corrected chi connectivity index (χ4v) is 4.74. The van der Waals surface area contributed by atoms with Gasteiger partial charge in [-0.25, -0.2) is 5.48 Å². The van der Waals surface area contributed by atoms with E-state index >= 15 is 0 Å². The number of carbonyl (C=O) groups is 3. The Morgan fingerprint density at radius 3 is 2.59 bits per heavy atom. The van der Waals surface area contributed by atoms with Crippen molar-refractivity contribution in [2.24, 2.45) is 0 Å². The van der Waals surface area contributed by atoms with Gasteiger partial charge >= 0.3 is 0 Å². The fraction of sp³-hybridized carbons (Fsp3) is 0.320. The molecular weight excluding hydrogens is 454 g/mol. The number of carbonyl (C=O) groups excluding carboxylic acids is 3. The summed E-state index contributed by atoms with van der Waals surface area (Å²) < 4.78 is 5.21. The molecule has 34 heavy (non-hydrogen) atoms. The Kier molecular flexibility index (Phi) is 8.72. The van der Waals surface area contributed by atoms with Crippen LogP contribution in [0.25, 0.3) is 0 Å². The number of hydrogen-bond donors (Lipinski definition) is 2. The van der Waals surface area contributed by atoms with Crippen LogP contribution in [0.5, 0.6) is 5.75 Å². The first-order chi connectivity index (χ1) is 16.3. The van der Waals surface area contributed by atoms with Gasteiger partial charge in [0.25, 0.3) is 11.8 Å². The number of nitrogens with zero attached hydrogens (tertiary/aromatic N) is 1. The molecule has 9 heteroatoms. The molecule has 0 radical (unpaired) electrons. The third-order valence-corrected chi connectivity index (χ3v) is 6.25. The third kappa shape index (κ3) is 6.39. The van der Waals surface area contributed by atoms with Crippen LogP contribution in [-0.2, 0) is 20.8 Å². The van der Waals surface area contributed by atoms with Crippen LogP contribution in [0.1, 0.15) is 29.8 Å². The van der Waals surface area contributed by atoms with E-state index in [0.29, 0.717) is 17.7 Å². The molecular formula is C25H29N3O5S. The van der Waals surface area contributed by atoms with Gasteiger partial charge in [0.05, 0.1) is 24.7 Å².